The van der Waals surface area contributed by atoms with E-state index in [-0.39, 0.29) is 0 Å². The quantitative estimate of drug-likeness (QED) is 0.112. The molecule has 1 spiro atoms. The fourth-order valence-corrected chi connectivity index (χ4v) is 10.9. The number of anilines is 3. The van der Waals surface area contributed by atoms with E-state index in [1.54, 1.807) is 0 Å². The highest BCUT2D eigenvalue weighted by Gasteiger charge is 2.53. The number of isothiocyanates is 2. The summed E-state index contributed by atoms with van der Waals surface area (Å²) < 4.78 is 0. The fourth-order valence-electron chi connectivity index (χ4n) is 10.7. The summed E-state index contributed by atoms with van der Waals surface area (Å²) in [7, 11) is 0. The van der Waals surface area contributed by atoms with Crippen molar-refractivity contribution in [3.63, 3.8) is 0 Å². The van der Waals surface area contributed by atoms with Gasteiger partial charge < -0.3 is 4.90 Å². The lowest BCUT2D eigenvalue weighted by molar-refractivity contribution is 0.796. The molecule has 3 nitrogen and oxygen atoms in total. The van der Waals surface area contributed by atoms with E-state index >= 15 is 0 Å². The molecule has 66 heavy (non-hydrogen) atoms. The van der Waals surface area contributed by atoms with Gasteiger partial charge in [0.25, 0.3) is 0 Å². The number of nitrogens with zero attached hydrogens (tertiary/aromatic N) is 3. The molecule has 0 bridgehead atoms. The monoisotopic (exact) mass is 875 g/mol. The van der Waals surface area contributed by atoms with Gasteiger partial charge >= 0.3 is 0 Å². The molecule has 0 amide bonds. The van der Waals surface area contributed by atoms with Crippen LogP contribution in [0.2, 0.25) is 0 Å². The Morgan fingerprint density at radius 1 is 0.348 bits per heavy atom. The summed E-state index contributed by atoms with van der Waals surface area (Å²) in [5, 5.41) is 7.57. The molecule has 0 saturated carbocycles. The summed E-state index contributed by atoms with van der Waals surface area (Å²) in [6.45, 7) is 0. The average molecular weight is 876 g/mol. The lowest BCUT2D eigenvalue weighted by Crippen LogP contribution is -2.26. The first-order valence-electron chi connectivity index (χ1n) is 22.0. The molecule has 1 atom stereocenters. The van der Waals surface area contributed by atoms with Crippen molar-refractivity contribution in [3.8, 4) is 55.6 Å². The highest BCUT2D eigenvalue weighted by molar-refractivity contribution is 7.78. The van der Waals surface area contributed by atoms with E-state index in [0.29, 0.717) is 0 Å². The zero-order valence-corrected chi connectivity index (χ0v) is 37.2. The van der Waals surface area contributed by atoms with Crippen LogP contribution in [-0.2, 0) is 5.41 Å². The van der Waals surface area contributed by atoms with Gasteiger partial charge in [-0.25, -0.2) is 0 Å². The Morgan fingerprint density at radius 3 is 1.58 bits per heavy atom. The van der Waals surface area contributed by atoms with E-state index in [9.17, 15) is 0 Å². The SMILES string of the molecule is S=C=Nc1ccc2c(c1)C1(c3ccccc3-2)c2cc(N=C=S)ccc2-c2cccc(-c3cc(N(c4ccc(-c5ccccc5)cc4)c4cccc(-c5ccccc5)c4)cc4ccccc34)c21. The van der Waals surface area contributed by atoms with Crippen molar-refractivity contribution in [2.45, 2.75) is 5.41 Å². The molecule has 0 heterocycles. The number of benzene rings is 10. The van der Waals surface area contributed by atoms with Crippen LogP contribution >= 0.6 is 24.4 Å². The summed E-state index contributed by atoms with van der Waals surface area (Å²) in [5.41, 5.74) is 20.3. The lowest BCUT2D eigenvalue weighted by atomic mass is 9.68. The third-order valence-corrected chi connectivity index (χ3v) is 13.5. The third-order valence-electron chi connectivity index (χ3n) is 13.4. The largest absolute Gasteiger partial charge is 0.310 e. The molecule has 1 unspecified atom stereocenters. The second-order valence-electron chi connectivity index (χ2n) is 16.8. The number of aliphatic imine (C=N–C) groups is 2. The molecule has 12 rings (SSSR count). The third kappa shape index (κ3) is 6.26. The summed E-state index contributed by atoms with van der Waals surface area (Å²) in [6.07, 6.45) is 0. The topological polar surface area (TPSA) is 28.0 Å². The maximum atomic E-state index is 5.17. The van der Waals surface area contributed by atoms with Gasteiger partial charge in [-0.15, -0.1) is 0 Å². The summed E-state index contributed by atoms with van der Waals surface area (Å²) in [5.74, 6) is 0. The summed E-state index contributed by atoms with van der Waals surface area (Å²) >= 11 is 10.3. The normalized spacial score (nSPS) is 13.8. The van der Waals surface area contributed by atoms with Crippen LogP contribution in [0.25, 0.3) is 66.4 Å². The molecule has 0 aromatic heterocycles. The van der Waals surface area contributed by atoms with Crippen LogP contribution in [0.4, 0.5) is 28.4 Å². The Labute approximate surface area is 394 Å². The number of hydrogen-bond donors (Lipinski definition) is 0. The Kier molecular flexibility index (Phi) is 9.65. The standard InChI is InChI=1S/C61H37N3S2/c65-38-62-45-27-31-52-51-21-9-10-24-57(51)61(58(52)35-45)59-36-46(63-39-66)28-32-53(59)54-22-12-23-55(60(54)61)56-37-49(34-44-17-7-8-20-50(44)56)64(47-29-25-42(26-30-47)40-13-3-1-4-14-40)48-19-11-18-43(33-48)41-15-5-2-6-16-41/h1-37H. The van der Waals surface area contributed by atoms with E-state index in [2.05, 4.69) is 238 Å². The molecule has 0 radical (unpaired) electrons. The second-order valence-corrected chi connectivity index (χ2v) is 17.1. The maximum absolute atomic E-state index is 5.17. The highest BCUT2D eigenvalue weighted by Crippen LogP contribution is 2.65. The van der Waals surface area contributed by atoms with Gasteiger partial charge in [0.05, 0.1) is 27.1 Å². The van der Waals surface area contributed by atoms with Crippen molar-refractivity contribution >= 4 is 74.0 Å². The number of rotatable bonds is 8. The zero-order chi connectivity index (χ0) is 44.2. The van der Waals surface area contributed by atoms with Crippen LogP contribution in [-0.4, -0.2) is 10.3 Å². The summed E-state index contributed by atoms with van der Waals surface area (Å²) in [4.78, 5) is 11.5. The molecule has 2 aliphatic carbocycles. The van der Waals surface area contributed by atoms with E-state index < -0.39 is 5.41 Å². The highest BCUT2D eigenvalue weighted by atomic mass is 32.1. The Balaban J connectivity index is 1.15. The Morgan fingerprint density at radius 2 is 0.879 bits per heavy atom. The Bertz CT molecular complexity index is 3630. The van der Waals surface area contributed by atoms with Gasteiger partial charge in [-0.05, 0) is 174 Å². The van der Waals surface area contributed by atoms with Crippen LogP contribution < -0.4 is 4.90 Å². The van der Waals surface area contributed by atoms with Crippen molar-refractivity contribution in [1.29, 1.82) is 0 Å². The molecule has 0 aliphatic heterocycles. The van der Waals surface area contributed by atoms with Gasteiger partial charge in [0, 0.05) is 17.1 Å². The molecule has 10 aromatic carbocycles. The predicted molar refractivity (Wildman–Crippen MR) is 281 cm³/mol. The molecular weight excluding hydrogens is 839 g/mol. The zero-order valence-electron chi connectivity index (χ0n) is 35.5. The minimum atomic E-state index is -0.735. The average Bonchev–Trinajstić information content (AvgIpc) is 3.84. The van der Waals surface area contributed by atoms with E-state index in [1.807, 2.05) is 12.1 Å². The summed E-state index contributed by atoms with van der Waals surface area (Å²) in [6, 6.07) is 80.9. The number of fused-ring (bicyclic) bond motifs is 11. The molecule has 0 fully saturated rings. The lowest BCUT2D eigenvalue weighted by Gasteiger charge is -2.33. The first kappa shape index (κ1) is 39.5. The van der Waals surface area contributed by atoms with Gasteiger partial charge in [-0.2, -0.15) is 9.98 Å². The molecule has 10 aromatic rings. The number of thiocarbonyl (C=S) groups is 2. The van der Waals surface area contributed by atoms with Crippen molar-refractivity contribution in [2.24, 2.45) is 9.98 Å². The van der Waals surface area contributed by atoms with Crippen LogP contribution in [0.1, 0.15) is 22.3 Å². The second kappa shape index (κ2) is 16.1. The van der Waals surface area contributed by atoms with Crippen molar-refractivity contribution < 1.29 is 0 Å². The van der Waals surface area contributed by atoms with Crippen LogP contribution in [0, 0.1) is 0 Å². The van der Waals surface area contributed by atoms with E-state index in [4.69, 9.17) is 24.4 Å². The first-order valence-corrected chi connectivity index (χ1v) is 22.8. The molecular formula is C61H37N3S2. The van der Waals surface area contributed by atoms with Crippen molar-refractivity contribution in [3.05, 3.63) is 247 Å². The molecule has 5 heteroatoms. The van der Waals surface area contributed by atoms with Gasteiger partial charge in [0.1, 0.15) is 0 Å². The molecule has 2 aliphatic rings. The van der Waals surface area contributed by atoms with Gasteiger partial charge in [-0.1, -0.05) is 164 Å². The minimum Gasteiger partial charge on any atom is -0.310 e. The first-order chi connectivity index (χ1) is 32.6. The number of hydrogen-bond acceptors (Lipinski definition) is 5. The van der Waals surface area contributed by atoms with E-state index in [0.717, 1.165) is 83.7 Å². The molecule has 308 valence electrons. The predicted octanol–water partition coefficient (Wildman–Crippen LogP) is 17.1. The van der Waals surface area contributed by atoms with Crippen LogP contribution in [0.3, 0.4) is 0 Å². The minimum absolute atomic E-state index is 0.735. The van der Waals surface area contributed by atoms with Crippen molar-refractivity contribution in [1.82, 2.24) is 0 Å². The van der Waals surface area contributed by atoms with Crippen molar-refractivity contribution in [2.75, 3.05) is 4.90 Å². The van der Waals surface area contributed by atoms with Gasteiger partial charge in [0.15, 0.2) is 0 Å². The smallest absolute Gasteiger partial charge is 0.0743 e. The fraction of sp³-hybridized carbons (Fsp3) is 0.0164. The molecule has 0 N–H and O–H groups in total. The maximum Gasteiger partial charge on any atom is 0.0743 e. The Hall–Kier alpha value is -8.14. The van der Waals surface area contributed by atoms with Crippen LogP contribution in [0.15, 0.2) is 234 Å². The van der Waals surface area contributed by atoms with Gasteiger partial charge in [-0.3, -0.25) is 0 Å². The van der Waals surface area contributed by atoms with Gasteiger partial charge in [0.2, 0.25) is 0 Å². The molecule has 0 saturated heterocycles. The van der Waals surface area contributed by atoms with E-state index in [1.165, 1.54) is 33.4 Å². The van der Waals surface area contributed by atoms with Crippen LogP contribution in [0.5, 0.6) is 0 Å².